The average Bonchev–Trinajstić information content (AvgIpc) is 2.94. The van der Waals surface area contributed by atoms with Gasteiger partial charge in [-0.3, -0.25) is 14.3 Å². The monoisotopic (exact) mass is 348 g/mol. The third kappa shape index (κ3) is 4.50. The number of fused-ring (bicyclic) bond motifs is 1. The van der Waals surface area contributed by atoms with Crippen molar-refractivity contribution in [3.8, 4) is 0 Å². The first kappa shape index (κ1) is 18.3. The highest BCUT2D eigenvalue weighted by molar-refractivity contribution is 7.98. The number of aromatic nitrogens is 2. The summed E-state index contributed by atoms with van der Waals surface area (Å²) < 4.78 is 1.93. The normalized spacial score (nSPS) is 12.1. The van der Waals surface area contributed by atoms with Crippen LogP contribution in [0.15, 0.2) is 24.3 Å². The highest BCUT2D eigenvalue weighted by Gasteiger charge is 2.19. The molecule has 130 valence electrons. The lowest BCUT2D eigenvalue weighted by Gasteiger charge is -2.16. The molecule has 0 unspecified atom stereocenters. The van der Waals surface area contributed by atoms with Crippen molar-refractivity contribution in [1.82, 2.24) is 20.4 Å². The first-order chi connectivity index (χ1) is 11.6. The maximum absolute atomic E-state index is 12.4. The Morgan fingerprint density at radius 3 is 2.75 bits per heavy atom. The summed E-state index contributed by atoms with van der Waals surface area (Å²) in [6.45, 7) is 4.59. The predicted molar refractivity (Wildman–Crippen MR) is 97.9 cm³/mol. The van der Waals surface area contributed by atoms with Crippen molar-refractivity contribution >= 4 is 34.5 Å². The van der Waals surface area contributed by atoms with Gasteiger partial charge in [-0.2, -0.15) is 16.9 Å². The molecule has 7 heteroatoms. The molecule has 0 aliphatic carbocycles. The molecule has 0 aliphatic heterocycles. The molecule has 24 heavy (non-hydrogen) atoms. The van der Waals surface area contributed by atoms with Crippen molar-refractivity contribution in [3.05, 3.63) is 30.0 Å². The Balaban J connectivity index is 2.08. The Kier molecular flexibility index (Phi) is 6.66. The average molecular weight is 348 g/mol. The number of hydrogen-bond acceptors (Lipinski definition) is 4. The molecule has 0 aliphatic rings. The number of rotatable bonds is 8. The summed E-state index contributed by atoms with van der Waals surface area (Å²) in [4.78, 5) is 23.7. The Morgan fingerprint density at radius 1 is 1.33 bits per heavy atom. The van der Waals surface area contributed by atoms with Gasteiger partial charge in [-0.15, -0.1) is 0 Å². The molecular formula is C17H24N4O2S. The number of hydrogen-bond donors (Lipinski definition) is 2. The number of nitrogens with zero attached hydrogens (tertiary/aromatic N) is 2. The zero-order chi connectivity index (χ0) is 17.5. The Bertz CT molecular complexity index is 714. The number of carbonyl (C=O) groups excluding carboxylic acids is 2. The molecule has 2 aromatic rings. The quantitative estimate of drug-likeness (QED) is 0.764. The highest BCUT2D eigenvalue weighted by atomic mass is 32.2. The molecule has 0 fully saturated rings. The predicted octanol–water partition coefficient (Wildman–Crippen LogP) is 1.93. The van der Waals surface area contributed by atoms with Gasteiger partial charge in [0.1, 0.15) is 6.04 Å². The maximum Gasteiger partial charge on any atom is 0.242 e. The molecule has 2 amide bonds. The van der Waals surface area contributed by atoms with Crippen molar-refractivity contribution in [2.45, 2.75) is 39.4 Å². The Hall–Kier alpha value is -2.02. The van der Waals surface area contributed by atoms with Gasteiger partial charge >= 0.3 is 0 Å². The summed E-state index contributed by atoms with van der Waals surface area (Å²) in [5, 5.41) is 11.2. The summed E-state index contributed by atoms with van der Waals surface area (Å²) in [6.07, 6.45) is 2.59. The molecule has 0 saturated carbocycles. The van der Waals surface area contributed by atoms with Crippen LogP contribution in [-0.4, -0.2) is 39.6 Å². The molecule has 0 spiro atoms. The Labute approximate surface area is 146 Å². The lowest BCUT2D eigenvalue weighted by molar-refractivity contribution is -0.128. The molecule has 0 saturated heterocycles. The minimum absolute atomic E-state index is 0.172. The van der Waals surface area contributed by atoms with Gasteiger partial charge in [-0.1, -0.05) is 18.2 Å². The van der Waals surface area contributed by atoms with Crippen LogP contribution in [0.2, 0.25) is 0 Å². The van der Waals surface area contributed by atoms with E-state index in [0.29, 0.717) is 13.0 Å². The molecule has 0 radical (unpaired) electrons. The molecule has 1 aromatic heterocycles. The molecule has 2 rings (SSSR count). The molecule has 1 aromatic carbocycles. The zero-order valence-electron chi connectivity index (χ0n) is 14.3. The largest absolute Gasteiger partial charge is 0.349 e. The fraction of sp³-hybridized carbons (Fsp3) is 0.471. The van der Waals surface area contributed by atoms with Gasteiger partial charge in [0.15, 0.2) is 0 Å². The van der Waals surface area contributed by atoms with E-state index in [0.717, 1.165) is 28.9 Å². The number of amides is 2. The van der Waals surface area contributed by atoms with Gasteiger partial charge < -0.3 is 10.6 Å². The van der Waals surface area contributed by atoms with Crippen LogP contribution in [0.5, 0.6) is 0 Å². The van der Waals surface area contributed by atoms with Gasteiger partial charge in [-0.05, 0) is 31.4 Å². The van der Waals surface area contributed by atoms with E-state index in [1.54, 1.807) is 11.8 Å². The molecule has 1 atom stereocenters. The van der Waals surface area contributed by atoms with E-state index in [2.05, 4.69) is 15.7 Å². The summed E-state index contributed by atoms with van der Waals surface area (Å²) in [5.41, 5.74) is 1.90. The fourth-order valence-corrected chi connectivity index (χ4v) is 3.08. The van der Waals surface area contributed by atoms with E-state index in [-0.39, 0.29) is 11.8 Å². The van der Waals surface area contributed by atoms with Crippen LogP contribution in [-0.2, 0) is 22.7 Å². The van der Waals surface area contributed by atoms with Crippen LogP contribution >= 0.6 is 11.8 Å². The number of thioether (sulfide) groups is 1. The second kappa shape index (κ2) is 8.73. The third-order valence-corrected chi connectivity index (χ3v) is 4.41. The second-order valence-corrected chi connectivity index (χ2v) is 6.52. The van der Waals surface area contributed by atoms with Crippen LogP contribution in [0.25, 0.3) is 10.9 Å². The van der Waals surface area contributed by atoms with Crippen molar-refractivity contribution in [2.75, 3.05) is 12.0 Å². The van der Waals surface area contributed by atoms with Gasteiger partial charge in [0.05, 0.1) is 17.8 Å². The Morgan fingerprint density at radius 2 is 2.08 bits per heavy atom. The van der Waals surface area contributed by atoms with Crippen LogP contribution in [0.3, 0.4) is 0 Å². The summed E-state index contributed by atoms with van der Waals surface area (Å²) in [7, 11) is 0. The zero-order valence-corrected chi connectivity index (χ0v) is 15.2. The number of para-hydroxylation sites is 1. The van der Waals surface area contributed by atoms with Gasteiger partial charge in [0.2, 0.25) is 11.8 Å². The molecule has 1 heterocycles. The van der Waals surface area contributed by atoms with Crippen molar-refractivity contribution < 1.29 is 9.59 Å². The van der Waals surface area contributed by atoms with Gasteiger partial charge in [0, 0.05) is 18.9 Å². The fourth-order valence-electron chi connectivity index (χ4n) is 2.61. The number of nitrogens with one attached hydrogen (secondary N) is 2. The van der Waals surface area contributed by atoms with E-state index in [4.69, 9.17) is 0 Å². The summed E-state index contributed by atoms with van der Waals surface area (Å²) in [5.74, 6) is 0.442. The minimum atomic E-state index is -0.505. The standard InChI is InChI=1S/C17H24N4O2S/c1-4-21-16-8-6-5-7-13(16)15(20-21)11-18-17(23)14(9-10-24-3)19-12(2)22/h5-8,14H,4,9-11H2,1-3H3,(H,18,23)(H,19,22)/t14-/m0/s1. The third-order valence-electron chi connectivity index (χ3n) is 3.77. The number of aryl methyl sites for hydroxylation is 1. The highest BCUT2D eigenvalue weighted by Crippen LogP contribution is 2.18. The van der Waals surface area contributed by atoms with E-state index in [1.807, 2.05) is 42.1 Å². The van der Waals surface area contributed by atoms with Crippen molar-refractivity contribution in [1.29, 1.82) is 0 Å². The van der Waals surface area contributed by atoms with Gasteiger partial charge in [0.25, 0.3) is 0 Å². The molecule has 0 bridgehead atoms. The van der Waals surface area contributed by atoms with Crippen LogP contribution in [0.1, 0.15) is 26.0 Å². The van der Waals surface area contributed by atoms with Crippen LogP contribution in [0, 0.1) is 0 Å². The van der Waals surface area contributed by atoms with Crippen LogP contribution in [0.4, 0.5) is 0 Å². The lowest BCUT2D eigenvalue weighted by atomic mass is 10.2. The van der Waals surface area contributed by atoms with E-state index in [1.165, 1.54) is 6.92 Å². The molecule has 2 N–H and O–H groups in total. The maximum atomic E-state index is 12.4. The van der Waals surface area contributed by atoms with E-state index < -0.39 is 6.04 Å². The summed E-state index contributed by atoms with van der Waals surface area (Å²) in [6, 6.07) is 7.47. The first-order valence-electron chi connectivity index (χ1n) is 8.05. The molecular weight excluding hydrogens is 324 g/mol. The smallest absolute Gasteiger partial charge is 0.242 e. The van der Waals surface area contributed by atoms with Crippen molar-refractivity contribution in [2.24, 2.45) is 0 Å². The van der Waals surface area contributed by atoms with Crippen molar-refractivity contribution in [3.63, 3.8) is 0 Å². The van der Waals surface area contributed by atoms with E-state index >= 15 is 0 Å². The first-order valence-corrected chi connectivity index (χ1v) is 9.44. The minimum Gasteiger partial charge on any atom is -0.349 e. The molecule has 6 nitrogen and oxygen atoms in total. The number of carbonyl (C=O) groups is 2. The van der Waals surface area contributed by atoms with Gasteiger partial charge in [-0.25, -0.2) is 0 Å². The lowest BCUT2D eigenvalue weighted by Crippen LogP contribution is -2.46. The summed E-state index contributed by atoms with van der Waals surface area (Å²) >= 11 is 1.65. The number of benzene rings is 1. The second-order valence-electron chi connectivity index (χ2n) is 5.53. The SMILES string of the molecule is CCn1nc(CNC(=O)[C@H](CCSC)NC(C)=O)c2ccccc21. The van der Waals surface area contributed by atoms with E-state index in [9.17, 15) is 9.59 Å². The topological polar surface area (TPSA) is 76.0 Å². The van der Waals surface area contributed by atoms with Crippen LogP contribution < -0.4 is 10.6 Å².